The summed E-state index contributed by atoms with van der Waals surface area (Å²) in [6.07, 6.45) is 3.32. The van der Waals surface area contributed by atoms with Gasteiger partial charge in [-0.1, -0.05) is 42.5 Å². The molecule has 0 aromatic heterocycles. The first-order chi connectivity index (χ1) is 13.2. The van der Waals surface area contributed by atoms with Crippen molar-refractivity contribution in [2.75, 3.05) is 26.2 Å². The number of nitrogens with one attached hydrogen (secondary N) is 1. The maximum absolute atomic E-state index is 14.2. The molecule has 1 amide bonds. The van der Waals surface area contributed by atoms with E-state index in [2.05, 4.69) is 5.32 Å². The van der Waals surface area contributed by atoms with E-state index in [9.17, 15) is 9.18 Å². The van der Waals surface area contributed by atoms with Crippen LogP contribution in [-0.4, -0.2) is 37.0 Å². The topological polar surface area (TPSA) is 32.3 Å². The minimum atomic E-state index is -0.418. The summed E-state index contributed by atoms with van der Waals surface area (Å²) in [5, 5.41) is 3.05. The Hall–Kier alpha value is -1.56. The van der Waals surface area contributed by atoms with Crippen LogP contribution in [0.15, 0.2) is 59.5 Å². The second-order valence-electron chi connectivity index (χ2n) is 7.59. The summed E-state index contributed by atoms with van der Waals surface area (Å²) in [5.41, 5.74) is 1.30. The molecule has 2 aromatic rings. The quantitative estimate of drug-likeness (QED) is 0.728. The van der Waals surface area contributed by atoms with E-state index in [1.165, 1.54) is 24.2 Å². The molecule has 2 fully saturated rings. The summed E-state index contributed by atoms with van der Waals surface area (Å²) >= 11 is 1.32. The van der Waals surface area contributed by atoms with Crippen molar-refractivity contribution in [3.63, 3.8) is 0 Å². The van der Waals surface area contributed by atoms with Gasteiger partial charge >= 0.3 is 0 Å². The molecule has 150 valence electrons. The van der Waals surface area contributed by atoms with Crippen LogP contribution in [0.4, 0.5) is 4.39 Å². The van der Waals surface area contributed by atoms with Crippen molar-refractivity contribution in [2.24, 2.45) is 5.41 Å². The number of rotatable bonds is 4. The van der Waals surface area contributed by atoms with Crippen molar-refractivity contribution in [2.45, 2.75) is 29.4 Å². The average molecular weight is 421 g/mol. The van der Waals surface area contributed by atoms with E-state index >= 15 is 0 Å². The van der Waals surface area contributed by atoms with Gasteiger partial charge in [0, 0.05) is 24.5 Å². The highest BCUT2D eigenvalue weighted by Gasteiger charge is 2.39. The van der Waals surface area contributed by atoms with Crippen LogP contribution < -0.4 is 5.32 Å². The van der Waals surface area contributed by atoms with Gasteiger partial charge in [-0.05, 0) is 48.9 Å². The number of piperidine rings is 1. The Balaban J connectivity index is 0.00000225. The zero-order valence-corrected chi connectivity index (χ0v) is 17.4. The lowest BCUT2D eigenvalue weighted by Crippen LogP contribution is -2.45. The van der Waals surface area contributed by atoms with Crippen LogP contribution in [0.25, 0.3) is 0 Å². The van der Waals surface area contributed by atoms with Gasteiger partial charge in [0.25, 0.3) is 0 Å². The first kappa shape index (κ1) is 21.2. The van der Waals surface area contributed by atoms with E-state index in [0.717, 1.165) is 44.6 Å². The van der Waals surface area contributed by atoms with Crippen LogP contribution in [0.2, 0.25) is 0 Å². The Labute approximate surface area is 176 Å². The highest BCUT2D eigenvalue weighted by atomic mass is 35.5. The zero-order valence-electron chi connectivity index (χ0n) is 15.8. The fraction of sp³-hybridized carbons (Fsp3) is 0.409. The van der Waals surface area contributed by atoms with E-state index < -0.39 is 5.25 Å². The van der Waals surface area contributed by atoms with Gasteiger partial charge in [0.05, 0.1) is 0 Å². The van der Waals surface area contributed by atoms with Crippen molar-refractivity contribution in [1.29, 1.82) is 0 Å². The van der Waals surface area contributed by atoms with Gasteiger partial charge in [-0.25, -0.2) is 4.39 Å². The van der Waals surface area contributed by atoms with Crippen LogP contribution >= 0.6 is 24.2 Å². The molecule has 0 bridgehead atoms. The van der Waals surface area contributed by atoms with Crippen LogP contribution in [0.5, 0.6) is 0 Å². The number of thioether (sulfide) groups is 1. The van der Waals surface area contributed by atoms with Crippen molar-refractivity contribution in [1.82, 2.24) is 10.2 Å². The van der Waals surface area contributed by atoms with Crippen LogP contribution in [-0.2, 0) is 4.79 Å². The molecular weight excluding hydrogens is 395 g/mol. The molecule has 1 atom stereocenters. The first-order valence-electron chi connectivity index (χ1n) is 9.63. The lowest BCUT2D eigenvalue weighted by atomic mass is 9.78. The zero-order chi connectivity index (χ0) is 18.7. The molecule has 1 N–H and O–H groups in total. The van der Waals surface area contributed by atoms with E-state index in [1.807, 2.05) is 41.3 Å². The Morgan fingerprint density at radius 1 is 1.04 bits per heavy atom. The highest BCUT2D eigenvalue weighted by molar-refractivity contribution is 8.00. The molecule has 2 aromatic carbocycles. The molecule has 3 nitrogen and oxygen atoms in total. The second-order valence-corrected chi connectivity index (χ2v) is 8.74. The van der Waals surface area contributed by atoms with E-state index in [0.29, 0.717) is 10.3 Å². The molecular formula is C22H26ClFN2OS. The molecule has 2 aliphatic rings. The summed E-state index contributed by atoms with van der Waals surface area (Å²) in [4.78, 5) is 15.9. The molecule has 28 heavy (non-hydrogen) atoms. The maximum atomic E-state index is 14.2. The predicted octanol–water partition coefficient (Wildman–Crippen LogP) is 4.68. The van der Waals surface area contributed by atoms with Gasteiger partial charge in [-0.15, -0.1) is 24.2 Å². The fourth-order valence-electron chi connectivity index (χ4n) is 4.15. The number of benzene rings is 2. The Kier molecular flexibility index (Phi) is 7.02. The van der Waals surface area contributed by atoms with E-state index in [1.54, 1.807) is 12.1 Å². The third-order valence-electron chi connectivity index (χ3n) is 5.88. The van der Waals surface area contributed by atoms with Crippen LogP contribution in [0.1, 0.15) is 30.1 Å². The summed E-state index contributed by atoms with van der Waals surface area (Å²) in [7, 11) is 0. The summed E-state index contributed by atoms with van der Waals surface area (Å²) < 4.78 is 14.2. The lowest BCUT2D eigenvalue weighted by molar-refractivity contribution is -0.132. The number of amides is 1. The summed E-state index contributed by atoms with van der Waals surface area (Å²) in [6.45, 7) is 3.74. The molecule has 4 rings (SSSR count). The van der Waals surface area contributed by atoms with Crippen molar-refractivity contribution >= 4 is 30.1 Å². The minimum absolute atomic E-state index is 0. The average Bonchev–Trinajstić information content (AvgIpc) is 3.16. The van der Waals surface area contributed by atoms with Gasteiger partial charge in [0.15, 0.2) is 0 Å². The number of likely N-dealkylation sites (tertiary alicyclic amines) is 1. The number of carbonyl (C=O) groups is 1. The van der Waals surface area contributed by atoms with Gasteiger partial charge in [0.1, 0.15) is 11.1 Å². The molecule has 2 heterocycles. The molecule has 1 spiro atoms. The molecule has 0 saturated carbocycles. The summed E-state index contributed by atoms with van der Waals surface area (Å²) in [6, 6.07) is 16.4. The van der Waals surface area contributed by atoms with Crippen molar-refractivity contribution in [3.05, 3.63) is 66.0 Å². The smallest absolute Gasteiger partial charge is 0.240 e. The van der Waals surface area contributed by atoms with Crippen molar-refractivity contribution < 1.29 is 9.18 Å². The first-order valence-corrected chi connectivity index (χ1v) is 10.5. The molecule has 1 unspecified atom stereocenters. The van der Waals surface area contributed by atoms with Gasteiger partial charge in [-0.2, -0.15) is 0 Å². The number of carbonyl (C=O) groups excluding carboxylic acids is 1. The van der Waals surface area contributed by atoms with Gasteiger partial charge in [-0.3, -0.25) is 4.79 Å². The molecule has 2 aliphatic heterocycles. The number of halogens is 2. The SMILES string of the molecule is Cl.O=C(C(Sc1ccccc1F)c1ccccc1)N1CCC2(CCNC2)CC1. The largest absolute Gasteiger partial charge is 0.341 e. The van der Waals surface area contributed by atoms with Gasteiger partial charge in [0.2, 0.25) is 5.91 Å². The Morgan fingerprint density at radius 2 is 1.71 bits per heavy atom. The Bertz CT molecular complexity index is 788. The second kappa shape index (κ2) is 9.29. The van der Waals surface area contributed by atoms with Crippen LogP contribution in [0, 0.1) is 11.2 Å². The highest BCUT2D eigenvalue weighted by Crippen LogP contribution is 2.41. The van der Waals surface area contributed by atoms with Crippen LogP contribution in [0.3, 0.4) is 0 Å². The molecule has 2 saturated heterocycles. The Morgan fingerprint density at radius 3 is 2.36 bits per heavy atom. The van der Waals surface area contributed by atoms with E-state index in [4.69, 9.17) is 0 Å². The monoisotopic (exact) mass is 420 g/mol. The van der Waals surface area contributed by atoms with E-state index in [-0.39, 0.29) is 24.1 Å². The number of nitrogens with zero attached hydrogens (tertiary/aromatic N) is 1. The lowest BCUT2D eigenvalue weighted by Gasteiger charge is -2.40. The van der Waals surface area contributed by atoms with Gasteiger partial charge < -0.3 is 10.2 Å². The minimum Gasteiger partial charge on any atom is -0.341 e. The predicted molar refractivity (Wildman–Crippen MR) is 114 cm³/mol. The molecule has 6 heteroatoms. The molecule has 0 aliphatic carbocycles. The third-order valence-corrected chi connectivity index (χ3v) is 7.17. The maximum Gasteiger partial charge on any atom is 0.240 e. The normalized spacial score (nSPS) is 19.2. The van der Waals surface area contributed by atoms with Crippen molar-refractivity contribution in [3.8, 4) is 0 Å². The fourth-order valence-corrected chi connectivity index (χ4v) is 5.28. The molecule has 0 radical (unpaired) electrons. The number of hydrogen-bond acceptors (Lipinski definition) is 3. The third kappa shape index (κ3) is 4.53. The standard InChI is InChI=1S/C22H25FN2OS.ClH/c23-18-8-4-5-9-19(18)27-20(17-6-2-1-3-7-17)21(26)25-14-11-22(12-15-25)10-13-24-16-22;/h1-9,20,24H,10-16H2;1H. The summed E-state index contributed by atoms with van der Waals surface area (Å²) in [5.74, 6) is -0.180. The number of hydrogen-bond donors (Lipinski definition) is 1.